The van der Waals surface area contributed by atoms with Crippen molar-refractivity contribution in [3.8, 4) is 11.5 Å². The highest BCUT2D eigenvalue weighted by atomic mass is 35.5. The van der Waals surface area contributed by atoms with Crippen LogP contribution in [0.5, 0.6) is 11.5 Å². The summed E-state index contributed by atoms with van der Waals surface area (Å²) in [6, 6.07) is 3.14. The SMILES string of the molecule is CNC(=O)c1[nH]nc2c1[C@@H](c1cc(Cl)c(O)c(OC)c1)CC(=O)N2. The molecule has 0 saturated carbocycles. The molecule has 24 heavy (non-hydrogen) atoms. The number of aromatic hydroxyl groups is 1. The number of nitrogens with one attached hydrogen (secondary N) is 3. The number of benzene rings is 1. The molecule has 9 heteroatoms. The van der Waals surface area contributed by atoms with Crippen molar-refractivity contribution in [1.29, 1.82) is 0 Å². The molecule has 2 heterocycles. The van der Waals surface area contributed by atoms with Crippen LogP contribution in [0.1, 0.15) is 34.0 Å². The number of hydrogen-bond donors (Lipinski definition) is 4. The minimum atomic E-state index is -0.452. The lowest BCUT2D eigenvalue weighted by Gasteiger charge is -2.24. The smallest absolute Gasteiger partial charge is 0.269 e. The van der Waals surface area contributed by atoms with E-state index >= 15 is 0 Å². The molecule has 2 amide bonds. The van der Waals surface area contributed by atoms with E-state index in [2.05, 4.69) is 20.8 Å². The van der Waals surface area contributed by atoms with Crippen LogP contribution >= 0.6 is 11.6 Å². The van der Waals surface area contributed by atoms with E-state index in [0.717, 1.165) is 0 Å². The van der Waals surface area contributed by atoms with Crippen LogP contribution in [0, 0.1) is 0 Å². The molecule has 0 bridgehead atoms. The molecule has 1 aromatic heterocycles. The number of phenols is 1. The van der Waals surface area contributed by atoms with Crippen molar-refractivity contribution in [1.82, 2.24) is 15.5 Å². The predicted molar refractivity (Wildman–Crippen MR) is 86.7 cm³/mol. The summed E-state index contributed by atoms with van der Waals surface area (Å²) in [5, 5.41) is 21.8. The highest BCUT2D eigenvalue weighted by Gasteiger charge is 2.34. The highest BCUT2D eigenvalue weighted by molar-refractivity contribution is 6.32. The first-order valence-corrected chi connectivity index (χ1v) is 7.50. The Hall–Kier alpha value is -2.74. The molecular formula is C15H15ClN4O4. The van der Waals surface area contributed by atoms with Gasteiger partial charge in [-0.2, -0.15) is 5.10 Å². The van der Waals surface area contributed by atoms with Crippen LogP contribution in [0.3, 0.4) is 0 Å². The van der Waals surface area contributed by atoms with Crippen molar-refractivity contribution in [2.75, 3.05) is 19.5 Å². The number of rotatable bonds is 3. The molecular weight excluding hydrogens is 336 g/mol. The van der Waals surface area contributed by atoms with Gasteiger partial charge in [0.15, 0.2) is 17.3 Å². The van der Waals surface area contributed by atoms with Gasteiger partial charge < -0.3 is 20.5 Å². The molecule has 0 aliphatic carbocycles. The van der Waals surface area contributed by atoms with Crippen molar-refractivity contribution in [3.63, 3.8) is 0 Å². The van der Waals surface area contributed by atoms with Crippen molar-refractivity contribution < 1.29 is 19.4 Å². The number of nitrogens with zero attached hydrogens (tertiary/aromatic N) is 1. The summed E-state index contributed by atoms with van der Waals surface area (Å²) in [5.74, 6) is -0.714. The number of fused-ring (bicyclic) bond motifs is 1. The standard InChI is InChI=1S/C15H15ClN4O4/c1-17-15(23)12-11-7(5-10(21)18-14(11)20-19-12)6-3-8(16)13(22)9(4-6)24-2/h3-4,7,22H,5H2,1-2H3,(H,17,23)(H2,18,19,20,21)/t7-/m1/s1. The number of carbonyl (C=O) groups excluding carboxylic acids is 2. The number of halogens is 1. The van der Waals surface area contributed by atoms with Crippen molar-refractivity contribution >= 4 is 29.2 Å². The normalized spacial score (nSPS) is 16.3. The third-order valence-electron chi connectivity index (χ3n) is 3.93. The molecule has 4 N–H and O–H groups in total. The molecule has 1 aliphatic heterocycles. The minimum Gasteiger partial charge on any atom is -0.503 e. The number of anilines is 1. The number of amides is 2. The molecule has 126 valence electrons. The summed E-state index contributed by atoms with van der Waals surface area (Å²) in [5.41, 5.74) is 1.47. The van der Waals surface area contributed by atoms with Crippen molar-refractivity contribution in [2.24, 2.45) is 0 Å². The molecule has 0 radical (unpaired) electrons. The Kier molecular flexibility index (Phi) is 4.06. The second-order valence-electron chi connectivity index (χ2n) is 5.30. The van der Waals surface area contributed by atoms with E-state index in [1.807, 2.05) is 0 Å². The largest absolute Gasteiger partial charge is 0.503 e. The molecule has 0 spiro atoms. The van der Waals surface area contributed by atoms with Crippen molar-refractivity contribution in [2.45, 2.75) is 12.3 Å². The van der Waals surface area contributed by atoms with E-state index in [4.69, 9.17) is 16.3 Å². The molecule has 0 unspecified atom stereocenters. The van der Waals surface area contributed by atoms with Crippen LogP contribution in [-0.4, -0.2) is 41.3 Å². The zero-order valence-electron chi connectivity index (χ0n) is 12.9. The molecule has 0 saturated heterocycles. The monoisotopic (exact) mass is 350 g/mol. The van der Waals surface area contributed by atoms with Crippen LogP contribution in [0.4, 0.5) is 5.82 Å². The van der Waals surface area contributed by atoms with E-state index in [-0.39, 0.29) is 40.5 Å². The molecule has 8 nitrogen and oxygen atoms in total. The van der Waals surface area contributed by atoms with E-state index in [0.29, 0.717) is 16.9 Å². The Morgan fingerprint density at radius 3 is 2.92 bits per heavy atom. The van der Waals surface area contributed by atoms with Gasteiger partial charge in [-0.05, 0) is 17.7 Å². The molecule has 1 atom stereocenters. The van der Waals surface area contributed by atoms with Gasteiger partial charge in [0, 0.05) is 24.9 Å². The van der Waals surface area contributed by atoms with Gasteiger partial charge in [-0.15, -0.1) is 0 Å². The van der Waals surface area contributed by atoms with Gasteiger partial charge >= 0.3 is 0 Å². The average molecular weight is 351 g/mol. The van der Waals surface area contributed by atoms with Crippen LogP contribution < -0.4 is 15.4 Å². The zero-order valence-corrected chi connectivity index (χ0v) is 13.7. The lowest BCUT2D eigenvalue weighted by molar-refractivity contribution is -0.116. The number of H-pyrrole nitrogens is 1. The van der Waals surface area contributed by atoms with E-state index in [1.54, 1.807) is 12.1 Å². The number of carbonyl (C=O) groups is 2. The van der Waals surface area contributed by atoms with Gasteiger partial charge in [0.05, 0.1) is 12.1 Å². The molecule has 3 rings (SSSR count). The second-order valence-corrected chi connectivity index (χ2v) is 5.71. The molecule has 1 aromatic carbocycles. The third-order valence-corrected chi connectivity index (χ3v) is 4.22. The summed E-state index contributed by atoms with van der Waals surface area (Å²) in [4.78, 5) is 24.0. The summed E-state index contributed by atoms with van der Waals surface area (Å²) in [7, 11) is 2.91. The van der Waals surface area contributed by atoms with Crippen LogP contribution in [-0.2, 0) is 4.79 Å². The van der Waals surface area contributed by atoms with Gasteiger partial charge in [-0.3, -0.25) is 14.7 Å². The summed E-state index contributed by atoms with van der Waals surface area (Å²) < 4.78 is 5.11. The number of methoxy groups -OCH3 is 1. The Bertz CT molecular complexity index is 833. The second kappa shape index (κ2) is 6.04. The fraction of sp³-hybridized carbons (Fsp3) is 0.267. The van der Waals surface area contributed by atoms with Gasteiger partial charge in [0.2, 0.25) is 5.91 Å². The molecule has 1 aliphatic rings. The van der Waals surface area contributed by atoms with E-state index < -0.39 is 5.92 Å². The van der Waals surface area contributed by atoms with Gasteiger partial charge in [0.25, 0.3) is 5.91 Å². The first-order valence-electron chi connectivity index (χ1n) is 7.12. The number of aromatic amines is 1. The third kappa shape index (κ3) is 2.54. The predicted octanol–water partition coefficient (Wildman–Crippen LogP) is 1.61. The minimum absolute atomic E-state index is 0.0990. The first-order chi connectivity index (χ1) is 11.5. The lowest BCUT2D eigenvalue weighted by atomic mass is 9.85. The quantitative estimate of drug-likeness (QED) is 0.671. The summed E-state index contributed by atoms with van der Waals surface area (Å²) >= 11 is 6.05. The Morgan fingerprint density at radius 2 is 2.25 bits per heavy atom. The Balaban J connectivity index is 2.17. The number of hydrogen-bond acceptors (Lipinski definition) is 5. The van der Waals surface area contributed by atoms with Crippen molar-refractivity contribution in [3.05, 3.63) is 34.0 Å². The fourth-order valence-electron chi connectivity index (χ4n) is 2.79. The lowest BCUT2D eigenvalue weighted by Crippen LogP contribution is -2.26. The van der Waals surface area contributed by atoms with Gasteiger partial charge in [0.1, 0.15) is 5.69 Å². The van der Waals surface area contributed by atoms with Crippen LogP contribution in [0.25, 0.3) is 0 Å². The highest BCUT2D eigenvalue weighted by Crippen LogP contribution is 2.43. The van der Waals surface area contributed by atoms with Gasteiger partial charge in [-0.25, -0.2) is 0 Å². The van der Waals surface area contributed by atoms with E-state index in [9.17, 15) is 14.7 Å². The van der Waals surface area contributed by atoms with Crippen LogP contribution in [0.2, 0.25) is 5.02 Å². The summed E-state index contributed by atoms with van der Waals surface area (Å²) in [6.45, 7) is 0. The maximum absolute atomic E-state index is 12.1. The molecule has 0 fully saturated rings. The first kappa shape index (κ1) is 16.1. The Labute approximate surface area is 142 Å². The number of ether oxygens (including phenoxy) is 1. The number of aromatic nitrogens is 2. The topological polar surface area (TPSA) is 116 Å². The Morgan fingerprint density at radius 1 is 1.50 bits per heavy atom. The zero-order chi connectivity index (χ0) is 17.4. The summed E-state index contributed by atoms with van der Waals surface area (Å²) in [6.07, 6.45) is 0.112. The van der Waals surface area contributed by atoms with Crippen LogP contribution in [0.15, 0.2) is 12.1 Å². The molecule has 2 aromatic rings. The number of phenolic OH excluding ortho intramolecular Hbond substituents is 1. The maximum Gasteiger partial charge on any atom is 0.269 e. The average Bonchev–Trinajstić information content (AvgIpc) is 2.99. The van der Waals surface area contributed by atoms with Gasteiger partial charge in [-0.1, -0.05) is 11.6 Å². The maximum atomic E-state index is 12.1. The fourth-order valence-corrected chi connectivity index (χ4v) is 3.01. The van der Waals surface area contributed by atoms with E-state index in [1.165, 1.54) is 14.2 Å².